The first-order valence-corrected chi connectivity index (χ1v) is 7.21. The van der Waals surface area contributed by atoms with Crippen LogP contribution in [-0.4, -0.2) is 4.98 Å². The van der Waals surface area contributed by atoms with Gasteiger partial charge in [0.2, 0.25) is 0 Å². The van der Waals surface area contributed by atoms with E-state index in [9.17, 15) is 0 Å². The van der Waals surface area contributed by atoms with Gasteiger partial charge in [-0.05, 0) is 24.3 Å². The molecule has 3 N–H and O–H groups in total. The molecule has 0 bridgehead atoms. The van der Waals surface area contributed by atoms with Crippen LogP contribution < -0.4 is 5.73 Å². The second-order valence-electron chi connectivity index (χ2n) is 4.13. The SMILES string of the molecule is Nc1cc(Cl)c(Cl)cc1Sc1cc2ccccc2[nH]1. The van der Waals surface area contributed by atoms with E-state index < -0.39 is 0 Å². The van der Waals surface area contributed by atoms with Crippen LogP contribution in [0.25, 0.3) is 10.9 Å². The summed E-state index contributed by atoms with van der Waals surface area (Å²) in [4.78, 5) is 4.23. The van der Waals surface area contributed by atoms with Gasteiger partial charge in [0.25, 0.3) is 0 Å². The van der Waals surface area contributed by atoms with E-state index in [1.807, 2.05) is 18.2 Å². The second kappa shape index (κ2) is 5.00. The Labute approximate surface area is 124 Å². The Balaban J connectivity index is 1.98. The van der Waals surface area contributed by atoms with Crippen molar-refractivity contribution in [3.05, 3.63) is 52.5 Å². The van der Waals surface area contributed by atoms with Gasteiger partial charge in [-0.15, -0.1) is 0 Å². The van der Waals surface area contributed by atoms with Gasteiger partial charge in [0, 0.05) is 21.5 Å². The van der Waals surface area contributed by atoms with Crippen LogP contribution in [0.4, 0.5) is 5.69 Å². The highest BCUT2D eigenvalue weighted by molar-refractivity contribution is 7.99. The predicted molar refractivity (Wildman–Crippen MR) is 83.3 cm³/mol. The maximum absolute atomic E-state index is 6.02. The second-order valence-corrected chi connectivity index (χ2v) is 6.03. The third kappa shape index (κ3) is 2.54. The predicted octanol–water partition coefficient (Wildman–Crippen LogP) is 5.21. The highest BCUT2D eigenvalue weighted by atomic mass is 35.5. The van der Waals surface area contributed by atoms with Crippen LogP contribution in [-0.2, 0) is 0 Å². The maximum Gasteiger partial charge on any atom is 0.0781 e. The molecule has 0 aliphatic rings. The van der Waals surface area contributed by atoms with Crippen LogP contribution in [0.3, 0.4) is 0 Å². The van der Waals surface area contributed by atoms with E-state index in [0.29, 0.717) is 15.7 Å². The Bertz CT molecular complexity index is 719. The van der Waals surface area contributed by atoms with E-state index >= 15 is 0 Å². The van der Waals surface area contributed by atoms with Crippen molar-refractivity contribution in [2.24, 2.45) is 0 Å². The zero-order valence-corrected chi connectivity index (χ0v) is 12.1. The minimum absolute atomic E-state index is 0.472. The summed E-state index contributed by atoms with van der Waals surface area (Å²) >= 11 is 13.5. The lowest BCUT2D eigenvalue weighted by Gasteiger charge is -2.05. The van der Waals surface area contributed by atoms with Gasteiger partial charge in [-0.3, -0.25) is 0 Å². The van der Waals surface area contributed by atoms with E-state index in [4.69, 9.17) is 28.9 Å². The summed E-state index contributed by atoms with van der Waals surface area (Å²) in [6.07, 6.45) is 0. The Morgan fingerprint density at radius 2 is 1.74 bits per heavy atom. The molecule has 0 spiro atoms. The van der Waals surface area contributed by atoms with Gasteiger partial charge in [0.15, 0.2) is 0 Å². The van der Waals surface area contributed by atoms with Crippen molar-refractivity contribution in [2.75, 3.05) is 5.73 Å². The van der Waals surface area contributed by atoms with Gasteiger partial charge in [0.1, 0.15) is 0 Å². The number of anilines is 1. The number of halogens is 2. The lowest BCUT2D eigenvalue weighted by molar-refractivity contribution is 1.23. The fourth-order valence-corrected chi connectivity index (χ4v) is 3.19. The molecule has 19 heavy (non-hydrogen) atoms. The third-order valence-electron chi connectivity index (χ3n) is 2.78. The summed E-state index contributed by atoms with van der Waals surface area (Å²) in [5, 5.41) is 3.17. The van der Waals surface area contributed by atoms with Crippen molar-refractivity contribution in [1.29, 1.82) is 0 Å². The number of aromatic amines is 1. The van der Waals surface area contributed by atoms with E-state index in [2.05, 4.69) is 17.1 Å². The monoisotopic (exact) mass is 308 g/mol. The zero-order valence-electron chi connectivity index (χ0n) is 9.78. The summed E-state index contributed by atoms with van der Waals surface area (Å²) in [5.41, 5.74) is 7.68. The lowest BCUT2D eigenvalue weighted by Crippen LogP contribution is -1.88. The molecule has 0 aliphatic carbocycles. The Kier molecular flexibility index (Phi) is 3.35. The Hall–Kier alpha value is -1.29. The first kappa shape index (κ1) is 12.7. The summed E-state index contributed by atoms with van der Waals surface area (Å²) in [7, 11) is 0. The fourth-order valence-electron chi connectivity index (χ4n) is 1.85. The Morgan fingerprint density at radius 3 is 2.53 bits per heavy atom. The molecular weight excluding hydrogens is 299 g/mol. The number of rotatable bonds is 2. The van der Waals surface area contributed by atoms with Crippen molar-refractivity contribution < 1.29 is 0 Å². The molecule has 3 aromatic rings. The smallest absolute Gasteiger partial charge is 0.0781 e. The van der Waals surface area contributed by atoms with Gasteiger partial charge >= 0.3 is 0 Å². The van der Waals surface area contributed by atoms with Crippen LogP contribution in [0.1, 0.15) is 0 Å². The minimum atomic E-state index is 0.472. The van der Waals surface area contributed by atoms with Crippen molar-refractivity contribution >= 4 is 51.6 Å². The molecule has 0 saturated heterocycles. The summed E-state index contributed by atoms with van der Waals surface area (Å²) in [5.74, 6) is 0. The number of para-hydroxylation sites is 1. The maximum atomic E-state index is 6.02. The van der Waals surface area contributed by atoms with Gasteiger partial charge in [-0.2, -0.15) is 0 Å². The number of aromatic nitrogens is 1. The molecule has 5 heteroatoms. The fraction of sp³-hybridized carbons (Fsp3) is 0. The highest BCUT2D eigenvalue weighted by Crippen LogP contribution is 2.37. The van der Waals surface area contributed by atoms with Crippen molar-refractivity contribution in [3.8, 4) is 0 Å². The lowest BCUT2D eigenvalue weighted by atomic mass is 10.3. The molecule has 0 saturated carbocycles. The molecule has 0 atom stereocenters. The van der Waals surface area contributed by atoms with E-state index in [1.54, 1.807) is 12.1 Å². The number of nitrogens with one attached hydrogen (secondary N) is 1. The molecule has 0 amide bonds. The Morgan fingerprint density at radius 1 is 1.00 bits per heavy atom. The average molecular weight is 309 g/mol. The topological polar surface area (TPSA) is 41.8 Å². The zero-order chi connectivity index (χ0) is 13.4. The first-order valence-electron chi connectivity index (χ1n) is 5.63. The molecule has 0 aliphatic heterocycles. The van der Waals surface area contributed by atoms with Gasteiger partial charge < -0.3 is 10.7 Å². The number of nitrogens with two attached hydrogens (primary N) is 1. The van der Waals surface area contributed by atoms with Gasteiger partial charge in [0.05, 0.1) is 15.1 Å². The van der Waals surface area contributed by atoms with Crippen molar-refractivity contribution in [1.82, 2.24) is 4.98 Å². The van der Waals surface area contributed by atoms with Crippen molar-refractivity contribution in [2.45, 2.75) is 9.92 Å². The van der Waals surface area contributed by atoms with E-state index in [0.717, 1.165) is 15.4 Å². The number of hydrogen-bond acceptors (Lipinski definition) is 2. The molecular formula is C14H10Cl2N2S. The van der Waals surface area contributed by atoms with Gasteiger partial charge in [-0.25, -0.2) is 0 Å². The van der Waals surface area contributed by atoms with Crippen LogP contribution in [0, 0.1) is 0 Å². The quantitative estimate of drug-likeness (QED) is 0.638. The molecule has 2 nitrogen and oxygen atoms in total. The number of benzene rings is 2. The summed E-state index contributed by atoms with van der Waals surface area (Å²) < 4.78 is 0. The molecule has 2 aromatic carbocycles. The number of H-pyrrole nitrogens is 1. The number of fused-ring (bicyclic) bond motifs is 1. The van der Waals surface area contributed by atoms with Crippen LogP contribution in [0.5, 0.6) is 0 Å². The van der Waals surface area contributed by atoms with Crippen LogP contribution in [0.15, 0.2) is 52.4 Å². The molecule has 1 aromatic heterocycles. The molecule has 3 rings (SSSR count). The molecule has 96 valence electrons. The number of nitrogen functional groups attached to an aromatic ring is 1. The largest absolute Gasteiger partial charge is 0.398 e. The average Bonchev–Trinajstić information content (AvgIpc) is 2.78. The number of hydrogen-bond donors (Lipinski definition) is 2. The minimum Gasteiger partial charge on any atom is -0.398 e. The third-order valence-corrected chi connectivity index (χ3v) is 4.51. The van der Waals surface area contributed by atoms with E-state index in [-0.39, 0.29) is 0 Å². The standard InChI is InChI=1S/C14H10Cl2N2S/c15-9-6-11(17)13(7-10(9)16)19-14-5-8-3-1-2-4-12(8)18-14/h1-7,18H,17H2. The molecule has 0 fully saturated rings. The summed E-state index contributed by atoms with van der Waals surface area (Å²) in [6, 6.07) is 13.7. The molecule has 0 radical (unpaired) electrons. The van der Waals surface area contributed by atoms with Gasteiger partial charge in [-0.1, -0.05) is 53.2 Å². The van der Waals surface area contributed by atoms with Crippen LogP contribution >= 0.6 is 35.0 Å². The normalized spacial score (nSPS) is 11.1. The summed E-state index contributed by atoms with van der Waals surface area (Å²) in [6.45, 7) is 0. The highest BCUT2D eigenvalue weighted by Gasteiger charge is 2.08. The first-order chi connectivity index (χ1) is 9.13. The van der Waals surface area contributed by atoms with Crippen LogP contribution in [0.2, 0.25) is 10.0 Å². The van der Waals surface area contributed by atoms with E-state index in [1.165, 1.54) is 17.1 Å². The molecule has 0 unspecified atom stereocenters. The molecule has 1 heterocycles. The van der Waals surface area contributed by atoms with Crippen molar-refractivity contribution in [3.63, 3.8) is 0 Å².